The second-order valence-corrected chi connectivity index (χ2v) is 10.3. The van der Waals surface area contributed by atoms with E-state index >= 15 is 0 Å². The highest BCUT2D eigenvalue weighted by molar-refractivity contribution is 5.99. The summed E-state index contributed by atoms with van der Waals surface area (Å²) in [6.45, 7) is 3.41. The summed E-state index contributed by atoms with van der Waals surface area (Å²) in [6, 6.07) is 4.02. The molecule has 1 aromatic carbocycles. The molecule has 4 atom stereocenters. The number of carbonyl (C=O) groups excluding carboxylic acids is 6. The Hall–Kier alpha value is -3.96. The molecule has 0 radical (unpaired) electrons. The highest BCUT2D eigenvalue weighted by Crippen LogP contribution is 2.22. The maximum absolute atomic E-state index is 13.8. The Morgan fingerprint density at radius 2 is 1.82 bits per heavy atom. The van der Waals surface area contributed by atoms with E-state index < -0.39 is 47.4 Å². The molecule has 0 saturated carbocycles. The van der Waals surface area contributed by atoms with E-state index in [2.05, 4.69) is 20.7 Å². The molecule has 40 heavy (non-hydrogen) atoms. The summed E-state index contributed by atoms with van der Waals surface area (Å²) in [5.41, 5.74) is -0.632. The molecule has 12 heteroatoms. The van der Waals surface area contributed by atoms with E-state index in [-0.39, 0.29) is 38.2 Å². The van der Waals surface area contributed by atoms with Crippen molar-refractivity contribution in [3.63, 3.8) is 0 Å². The number of fused-ring (bicyclic) bond motifs is 1. The third kappa shape index (κ3) is 7.57. The van der Waals surface area contributed by atoms with Crippen LogP contribution in [-0.4, -0.2) is 84.7 Å². The standard InChI is InChI=1S/C28H38N4O8/c1-4-28(2)27(38)30-21(16-18-10-12-19(13-11-18)40-17-23(34)39-3)26(37)32-14-7-9-22(32)25(36)29-20(24(35)31-28)8-5-6-15-33/h10-13,15,20-22H,4-9,14,16-17H2,1-3H3,(H,29,36)(H,30,38)(H,31,35)/t20-,21-,22+,28-/m0/s1. The van der Waals surface area contributed by atoms with Crippen LogP contribution < -0.4 is 20.7 Å². The molecule has 0 aromatic heterocycles. The van der Waals surface area contributed by atoms with Crippen LogP contribution in [0.4, 0.5) is 0 Å². The molecule has 2 heterocycles. The van der Waals surface area contributed by atoms with Crippen molar-refractivity contribution in [3.8, 4) is 5.75 Å². The molecule has 0 bridgehead atoms. The third-order valence-electron chi connectivity index (χ3n) is 7.44. The lowest BCUT2D eigenvalue weighted by Gasteiger charge is -2.35. The van der Waals surface area contributed by atoms with E-state index in [0.29, 0.717) is 37.1 Å². The van der Waals surface area contributed by atoms with Crippen molar-refractivity contribution in [2.75, 3.05) is 20.3 Å². The van der Waals surface area contributed by atoms with Crippen molar-refractivity contribution < 1.29 is 38.2 Å². The SMILES string of the molecule is CC[C@]1(C)NC(=O)[C@H](CCCC=O)NC(=O)[C@H]2CCCN2C(=O)[C@H](Cc2ccc(OCC(=O)OC)cc2)NC1=O. The molecule has 2 aliphatic rings. The van der Waals surface area contributed by atoms with E-state index in [1.807, 2.05) is 0 Å². The monoisotopic (exact) mass is 558 g/mol. The number of hydrogen-bond donors (Lipinski definition) is 3. The zero-order valence-electron chi connectivity index (χ0n) is 23.2. The Balaban J connectivity index is 1.88. The van der Waals surface area contributed by atoms with E-state index in [1.165, 1.54) is 12.0 Å². The van der Waals surface area contributed by atoms with Crippen molar-refractivity contribution >= 4 is 35.9 Å². The summed E-state index contributed by atoms with van der Waals surface area (Å²) in [5.74, 6) is -1.95. The minimum atomic E-state index is -1.35. The van der Waals surface area contributed by atoms with Crippen LogP contribution in [0.2, 0.25) is 0 Å². The second kappa shape index (κ2) is 13.9. The number of nitrogens with zero attached hydrogens (tertiary/aromatic N) is 1. The van der Waals surface area contributed by atoms with E-state index in [1.54, 1.807) is 38.1 Å². The van der Waals surface area contributed by atoms with Crippen molar-refractivity contribution in [3.05, 3.63) is 29.8 Å². The van der Waals surface area contributed by atoms with Gasteiger partial charge in [0.05, 0.1) is 7.11 Å². The Labute approximate surface area is 233 Å². The molecule has 0 unspecified atom stereocenters. The number of amides is 4. The quantitative estimate of drug-likeness (QED) is 0.211. The predicted octanol–water partition coefficient (Wildman–Crippen LogP) is 0.409. The van der Waals surface area contributed by atoms with Gasteiger partial charge in [0.15, 0.2) is 6.61 Å². The van der Waals surface area contributed by atoms with Crippen LogP contribution in [0.25, 0.3) is 0 Å². The molecule has 1 aromatic rings. The number of unbranched alkanes of at least 4 members (excludes halogenated alkanes) is 1. The van der Waals surface area contributed by atoms with Gasteiger partial charge in [-0.3, -0.25) is 19.2 Å². The van der Waals surface area contributed by atoms with Crippen LogP contribution in [0.1, 0.15) is 57.9 Å². The summed E-state index contributed by atoms with van der Waals surface area (Å²) in [5, 5.41) is 8.37. The van der Waals surface area contributed by atoms with Crippen LogP contribution in [0.15, 0.2) is 24.3 Å². The third-order valence-corrected chi connectivity index (χ3v) is 7.44. The van der Waals surface area contributed by atoms with Gasteiger partial charge in [0.2, 0.25) is 23.6 Å². The van der Waals surface area contributed by atoms with Gasteiger partial charge in [0.1, 0.15) is 35.7 Å². The second-order valence-electron chi connectivity index (χ2n) is 10.3. The van der Waals surface area contributed by atoms with Gasteiger partial charge in [0.25, 0.3) is 0 Å². The highest BCUT2D eigenvalue weighted by Gasteiger charge is 2.43. The van der Waals surface area contributed by atoms with Gasteiger partial charge in [-0.1, -0.05) is 19.1 Å². The number of methoxy groups -OCH3 is 1. The molecule has 0 aliphatic carbocycles. The Kier molecular flexibility index (Phi) is 10.6. The molecule has 3 N–H and O–H groups in total. The van der Waals surface area contributed by atoms with Crippen molar-refractivity contribution in [1.82, 2.24) is 20.9 Å². The molecule has 0 spiro atoms. The summed E-state index contributed by atoms with van der Waals surface area (Å²) >= 11 is 0. The first-order valence-electron chi connectivity index (χ1n) is 13.6. The maximum Gasteiger partial charge on any atom is 0.343 e. The Morgan fingerprint density at radius 3 is 2.48 bits per heavy atom. The first kappa shape index (κ1) is 30.6. The molecule has 2 saturated heterocycles. The van der Waals surface area contributed by atoms with Crippen LogP contribution in [0.3, 0.4) is 0 Å². The van der Waals surface area contributed by atoms with Crippen molar-refractivity contribution in [2.45, 2.75) is 82.5 Å². The number of esters is 1. The molecule has 4 amide bonds. The summed E-state index contributed by atoms with van der Waals surface area (Å²) in [6.07, 6.45) is 3.00. The highest BCUT2D eigenvalue weighted by atomic mass is 16.6. The van der Waals surface area contributed by atoms with Crippen molar-refractivity contribution in [2.24, 2.45) is 0 Å². The zero-order valence-corrected chi connectivity index (χ0v) is 23.2. The minimum absolute atomic E-state index is 0.134. The number of ether oxygens (including phenoxy) is 2. The molecule has 2 fully saturated rings. The average molecular weight is 559 g/mol. The zero-order chi connectivity index (χ0) is 29.3. The summed E-state index contributed by atoms with van der Waals surface area (Å²) in [7, 11) is 1.26. The lowest BCUT2D eigenvalue weighted by Crippen LogP contribution is -2.65. The fraction of sp³-hybridized carbons (Fsp3) is 0.571. The molecule has 2 aliphatic heterocycles. The number of nitrogens with one attached hydrogen (secondary N) is 3. The minimum Gasteiger partial charge on any atom is -0.482 e. The molecule has 218 valence electrons. The fourth-order valence-corrected chi connectivity index (χ4v) is 4.79. The van der Waals surface area contributed by atoms with Gasteiger partial charge in [-0.2, -0.15) is 0 Å². The predicted molar refractivity (Wildman–Crippen MR) is 143 cm³/mol. The molecule has 12 nitrogen and oxygen atoms in total. The number of carbonyl (C=O) groups is 6. The molecular weight excluding hydrogens is 520 g/mol. The number of hydrogen-bond acceptors (Lipinski definition) is 8. The van der Waals surface area contributed by atoms with Crippen molar-refractivity contribution in [1.29, 1.82) is 0 Å². The van der Waals surface area contributed by atoms with Gasteiger partial charge in [0, 0.05) is 19.4 Å². The lowest BCUT2D eigenvalue weighted by molar-refractivity contribution is -0.144. The van der Waals surface area contributed by atoms with Gasteiger partial charge in [-0.05, 0) is 56.7 Å². The lowest BCUT2D eigenvalue weighted by atomic mass is 9.94. The molecule has 3 rings (SSSR count). The van der Waals surface area contributed by atoms with Crippen LogP contribution in [0, 0.1) is 0 Å². The Bertz CT molecular complexity index is 1110. The summed E-state index contributed by atoms with van der Waals surface area (Å²) in [4.78, 5) is 77.5. The van der Waals surface area contributed by atoms with Crippen LogP contribution in [0.5, 0.6) is 5.75 Å². The van der Waals surface area contributed by atoms with E-state index in [4.69, 9.17) is 4.74 Å². The van der Waals surface area contributed by atoms with Crippen LogP contribution in [-0.2, 0) is 39.9 Å². The Morgan fingerprint density at radius 1 is 1.10 bits per heavy atom. The van der Waals surface area contributed by atoms with Gasteiger partial charge in [-0.15, -0.1) is 0 Å². The largest absolute Gasteiger partial charge is 0.482 e. The van der Waals surface area contributed by atoms with E-state index in [9.17, 15) is 28.8 Å². The van der Waals surface area contributed by atoms with Gasteiger partial charge in [-0.25, -0.2) is 4.79 Å². The number of aldehydes is 1. The topological polar surface area (TPSA) is 160 Å². The number of rotatable bonds is 10. The molecular formula is C28H38N4O8. The summed E-state index contributed by atoms with van der Waals surface area (Å²) < 4.78 is 9.94. The van der Waals surface area contributed by atoms with Crippen LogP contribution >= 0.6 is 0 Å². The van der Waals surface area contributed by atoms with Gasteiger partial charge >= 0.3 is 5.97 Å². The first-order chi connectivity index (χ1) is 19.1. The van der Waals surface area contributed by atoms with Gasteiger partial charge < -0.3 is 35.1 Å². The average Bonchev–Trinajstić information content (AvgIpc) is 3.45. The fourth-order valence-electron chi connectivity index (χ4n) is 4.79. The first-order valence-corrected chi connectivity index (χ1v) is 13.6. The van der Waals surface area contributed by atoms with E-state index in [0.717, 1.165) is 6.29 Å². The maximum atomic E-state index is 13.8. The normalized spacial score (nSPS) is 25.5. The number of benzene rings is 1. The smallest absolute Gasteiger partial charge is 0.343 e.